The number of aromatic nitrogens is 2. The summed E-state index contributed by atoms with van der Waals surface area (Å²) in [4.78, 5) is 10.4. The zero-order chi connectivity index (χ0) is 32.6. The standard InChI is InChI=1S/C46H30N2S/c1-4-13-31(14-5-1)34-19-12-20-36(25-34)42-30-43(48-46(47-42)33-17-8-3-9-18-33)39-27-37(32-15-6-2-7-16-32)26-38(28-39)35-23-24-45-41(29-35)40-21-10-11-22-44(40)49-45/h1-30H. The van der Waals surface area contributed by atoms with Crippen molar-refractivity contribution in [3.63, 3.8) is 0 Å². The zero-order valence-corrected chi connectivity index (χ0v) is 27.4. The average molecular weight is 643 g/mol. The van der Waals surface area contributed by atoms with Crippen LogP contribution in [0.25, 0.3) is 87.5 Å². The summed E-state index contributed by atoms with van der Waals surface area (Å²) in [5, 5.41) is 2.59. The summed E-state index contributed by atoms with van der Waals surface area (Å²) in [5.41, 5.74) is 11.8. The highest BCUT2D eigenvalue weighted by Crippen LogP contribution is 2.39. The molecule has 0 saturated carbocycles. The lowest BCUT2D eigenvalue weighted by Crippen LogP contribution is -1.96. The molecule has 0 aliphatic rings. The molecule has 0 radical (unpaired) electrons. The minimum Gasteiger partial charge on any atom is -0.228 e. The smallest absolute Gasteiger partial charge is 0.160 e. The Morgan fingerprint density at radius 2 is 0.776 bits per heavy atom. The molecule has 0 amide bonds. The van der Waals surface area contributed by atoms with E-state index >= 15 is 0 Å². The summed E-state index contributed by atoms with van der Waals surface area (Å²) in [7, 11) is 0. The first-order valence-corrected chi connectivity index (χ1v) is 17.3. The Kier molecular flexibility index (Phi) is 7.38. The molecule has 0 saturated heterocycles. The second-order valence-electron chi connectivity index (χ2n) is 12.2. The maximum absolute atomic E-state index is 5.22. The molecule has 9 aromatic rings. The summed E-state index contributed by atoms with van der Waals surface area (Å²) in [6.45, 7) is 0. The summed E-state index contributed by atoms with van der Waals surface area (Å²) in [6, 6.07) is 64.5. The summed E-state index contributed by atoms with van der Waals surface area (Å²) >= 11 is 1.85. The lowest BCUT2D eigenvalue weighted by atomic mass is 9.93. The maximum Gasteiger partial charge on any atom is 0.160 e. The van der Waals surface area contributed by atoms with Gasteiger partial charge in [0.2, 0.25) is 0 Å². The van der Waals surface area contributed by atoms with Crippen molar-refractivity contribution >= 4 is 31.5 Å². The highest BCUT2D eigenvalue weighted by molar-refractivity contribution is 7.25. The van der Waals surface area contributed by atoms with E-state index < -0.39 is 0 Å². The minimum absolute atomic E-state index is 0.705. The van der Waals surface area contributed by atoms with Gasteiger partial charge in [0.1, 0.15) is 0 Å². The van der Waals surface area contributed by atoms with Crippen LogP contribution >= 0.6 is 11.3 Å². The third-order valence-corrected chi connectivity index (χ3v) is 10.2. The van der Waals surface area contributed by atoms with Crippen LogP contribution in [0, 0.1) is 0 Å². The van der Waals surface area contributed by atoms with Crippen molar-refractivity contribution in [3.8, 4) is 67.3 Å². The van der Waals surface area contributed by atoms with Gasteiger partial charge in [-0.3, -0.25) is 0 Å². The van der Waals surface area contributed by atoms with Crippen molar-refractivity contribution in [2.45, 2.75) is 0 Å². The fourth-order valence-corrected chi connectivity index (χ4v) is 7.68. The zero-order valence-electron chi connectivity index (χ0n) is 26.6. The van der Waals surface area contributed by atoms with Gasteiger partial charge in [-0.05, 0) is 81.9 Å². The molecule has 2 heterocycles. The largest absolute Gasteiger partial charge is 0.228 e. The van der Waals surface area contributed by atoms with E-state index in [0.29, 0.717) is 5.82 Å². The van der Waals surface area contributed by atoms with E-state index in [1.807, 2.05) is 29.5 Å². The van der Waals surface area contributed by atoms with Crippen molar-refractivity contribution in [1.82, 2.24) is 9.97 Å². The van der Waals surface area contributed by atoms with Crippen LogP contribution in [-0.2, 0) is 0 Å². The molecule has 0 aliphatic heterocycles. The molecular formula is C46H30N2S. The van der Waals surface area contributed by atoms with Crippen molar-refractivity contribution in [2.75, 3.05) is 0 Å². The van der Waals surface area contributed by atoms with Gasteiger partial charge in [-0.1, -0.05) is 133 Å². The predicted octanol–water partition coefficient (Wildman–Crippen LogP) is 12.8. The van der Waals surface area contributed by atoms with Crippen LogP contribution in [0.15, 0.2) is 182 Å². The van der Waals surface area contributed by atoms with Crippen LogP contribution in [-0.4, -0.2) is 9.97 Å². The first kappa shape index (κ1) is 29.0. The number of thiophene rings is 1. The number of rotatable bonds is 6. The molecule has 9 rings (SSSR count). The van der Waals surface area contributed by atoms with E-state index in [1.165, 1.54) is 36.9 Å². The van der Waals surface area contributed by atoms with Crippen molar-refractivity contribution in [3.05, 3.63) is 182 Å². The van der Waals surface area contributed by atoms with Crippen LogP contribution in [0.5, 0.6) is 0 Å². The van der Waals surface area contributed by atoms with Crippen LogP contribution in [0.3, 0.4) is 0 Å². The molecule has 0 atom stereocenters. The van der Waals surface area contributed by atoms with E-state index in [9.17, 15) is 0 Å². The van der Waals surface area contributed by atoms with Crippen LogP contribution in [0.4, 0.5) is 0 Å². The number of nitrogens with zero attached hydrogens (tertiary/aromatic N) is 2. The van der Waals surface area contributed by atoms with Crippen LogP contribution < -0.4 is 0 Å². The lowest BCUT2D eigenvalue weighted by Gasteiger charge is -2.14. The maximum atomic E-state index is 5.22. The normalized spacial score (nSPS) is 11.3. The SMILES string of the molecule is c1ccc(-c2cccc(-c3cc(-c4cc(-c5ccccc5)cc(-c5ccc6sc7ccccc7c6c5)c4)nc(-c4ccccc4)n3)c2)cc1. The summed E-state index contributed by atoms with van der Waals surface area (Å²) in [6.07, 6.45) is 0. The number of hydrogen-bond acceptors (Lipinski definition) is 3. The Labute approximate surface area is 289 Å². The topological polar surface area (TPSA) is 25.8 Å². The van der Waals surface area contributed by atoms with Crippen molar-refractivity contribution in [2.24, 2.45) is 0 Å². The second-order valence-corrected chi connectivity index (χ2v) is 13.3. The monoisotopic (exact) mass is 642 g/mol. The molecule has 7 aromatic carbocycles. The molecule has 0 fully saturated rings. The lowest BCUT2D eigenvalue weighted by molar-refractivity contribution is 1.18. The number of benzene rings is 7. The molecule has 0 unspecified atom stereocenters. The van der Waals surface area contributed by atoms with Gasteiger partial charge in [-0.2, -0.15) is 0 Å². The molecule has 3 heteroatoms. The van der Waals surface area contributed by atoms with Gasteiger partial charge in [-0.15, -0.1) is 11.3 Å². The molecular weight excluding hydrogens is 613 g/mol. The van der Waals surface area contributed by atoms with E-state index in [1.54, 1.807) is 0 Å². The fourth-order valence-electron chi connectivity index (χ4n) is 6.59. The molecule has 49 heavy (non-hydrogen) atoms. The quantitative estimate of drug-likeness (QED) is 0.180. The Morgan fingerprint density at radius 3 is 1.51 bits per heavy atom. The highest BCUT2D eigenvalue weighted by atomic mass is 32.1. The van der Waals surface area contributed by atoms with Gasteiger partial charge in [0.25, 0.3) is 0 Å². The summed E-state index contributed by atoms with van der Waals surface area (Å²) in [5.74, 6) is 0.705. The van der Waals surface area contributed by atoms with Gasteiger partial charge in [-0.25, -0.2) is 9.97 Å². The molecule has 0 aliphatic carbocycles. The molecule has 0 N–H and O–H groups in total. The van der Waals surface area contributed by atoms with Crippen LogP contribution in [0.1, 0.15) is 0 Å². The Hall–Kier alpha value is -6.16. The summed E-state index contributed by atoms with van der Waals surface area (Å²) < 4.78 is 2.61. The van der Waals surface area contributed by atoms with E-state index in [0.717, 1.165) is 44.8 Å². The number of hydrogen-bond donors (Lipinski definition) is 0. The molecule has 0 spiro atoms. The Balaban J connectivity index is 1.25. The van der Waals surface area contributed by atoms with E-state index in [2.05, 4.69) is 164 Å². The van der Waals surface area contributed by atoms with E-state index in [-0.39, 0.29) is 0 Å². The van der Waals surface area contributed by atoms with Gasteiger partial charge >= 0.3 is 0 Å². The third kappa shape index (κ3) is 5.71. The third-order valence-electron chi connectivity index (χ3n) is 9.07. The van der Waals surface area contributed by atoms with Gasteiger partial charge < -0.3 is 0 Å². The molecule has 2 nitrogen and oxygen atoms in total. The van der Waals surface area contributed by atoms with Crippen LogP contribution in [0.2, 0.25) is 0 Å². The average Bonchev–Trinajstić information content (AvgIpc) is 3.57. The molecule has 2 aromatic heterocycles. The minimum atomic E-state index is 0.705. The first-order valence-electron chi connectivity index (χ1n) is 16.5. The molecule has 0 bridgehead atoms. The number of fused-ring (bicyclic) bond motifs is 3. The highest BCUT2D eigenvalue weighted by Gasteiger charge is 2.15. The Bertz CT molecular complexity index is 2590. The van der Waals surface area contributed by atoms with E-state index in [4.69, 9.17) is 9.97 Å². The second kappa shape index (κ2) is 12.5. The first-order chi connectivity index (χ1) is 24.2. The Morgan fingerprint density at radius 1 is 0.286 bits per heavy atom. The van der Waals surface area contributed by atoms with Gasteiger partial charge in [0.05, 0.1) is 11.4 Å². The predicted molar refractivity (Wildman–Crippen MR) is 208 cm³/mol. The van der Waals surface area contributed by atoms with Crippen molar-refractivity contribution < 1.29 is 0 Å². The molecule has 230 valence electrons. The van der Waals surface area contributed by atoms with Crippen molar-refractivity contribution in [1.29, 1.82) is 0 Å². The fraction of sp³-hybridized carbons (Fsp3) is 0. The van der Waals surface area contributed by atoms with Gasteiger partial charge in [0.15, 0.2) is 5.82 Å². The van der Waals surface area contributed by atoms with Gasteiger partial charge in [0, 0.05) is 36.9 Å².